The molecule has 0 spiro atoms. The molecule has 0 radical (unpaired) electrons. The van der Waals surface area contributed by atoms with Gasteiger partial charge in [0, 0.05) is 25.3 Å². The number of carbonyl (C=O) groups is 2. The summed E-state index contributed by atoms with van der Waals surface area (Å²) >= 11 is 0. The highest BCUT2D eigenvalue weighted by Gasteiger charge is 2.08. The third-order valence-corrected chi connectivity index (χ3v) is 3.69. The van der Waals surface area contributed by atoms with E-state index in [0.29, 0.717) is 12.0 Å². The van der Waals surface area contributed by atoms with Crippen LogP contribution in [-0.2, 0) is 17.6 Å². The quantitative estimate of drug-likeness (QED) is 0.922. The van der Waals surface area contributed by atoms with Crippen LogP contribution in [0.1, 0.15) is 28.4 Å². The van der Waals surface area contributed by atoms with Crippen LogP contribution in [0.5, 0.6) is 0 Å². The lowest BCUT2D eigenvalue weighted by Gasteiger charge is -2.10. The maximum absolute atomic E-state index is 12.2. The Kier molecular flexibility index (Phi) is 5.52. The smallest absolute Gasteiger partial charge is 0.255 e. The Balaban J connectivity index is 1.99. The second-order valence-electron chi connectivity index (χ2n) is 5.67. The summed E-state index contributed by atoms with van der Waals surface area (Å²) in [7, 11) is 3.47. The summed E-state index contributed by atoms with van der Waals surface area (Å²) < 4.78 is 0. The van der Waals surface area contributed by atoms with Gasteiger partial charge in [0.15, 0.2) is 0 Å². The number of carbonyl (C=O) groups excluding carboxylic acids is 2. The molecule has 0 aromatic heterocycles. The predicted octanol–water partition coefficient (Wildman–Crippen LogP) is 3.13. The number of aryl methyl sites for hydroxylation is 1. The zero-order valence-electron chi connectivity index (χ0n) is 13.8. The number of rotatable bonds is 5. The third kappa shape index (κ3) is 4.68. The monoisotopic (exact) mass is 310 g/mol. The fourth-order valence-electron chi connectivity index (χ4n) is 2.13. The predicted molar refractivity (Wildman–Crippen MR) is 92.6 cm³/mol. The van der Waals surface area contributed by atoms with Crippen LogP contribution in [0.15, 0.2) is 48.5 Å². The molecule has 0 aliphatic carbocycles. The summed E-state index contributed by atoms with van der Waals surface area (Å²) in [6, 6.07) is 14.9. The standard InChI is InChI=1S/C19H22N2O2/c1-4-14-5-9-16(10-6-14)19(23)20-17-11-7-15(8-12-17)13-18(22)21(2)3/h5-12H,4,13H2,1-3H3,(H,20,23). The van der Waals surface area contributed by atoms with E-state index in [4.69, 9.17) is 0 Å². The van der Waals surface area contributed by atoms with Crippen molar-refractivity contribution in [3.05, 3.63) is 65.2 Å². The minimum Gasteiger partial charge on any atom is -0.349 e. The van der Waals surface area contributed by atoms with Gasteiger partial charge in [-0.05, 0) is 41.8 Å². The molecule has 0 saturated heterocycles. The molecular formula is C19H22N2O2. The number of nitrogens with one attached hydrogen (secondary N) is 1. The van der Waals surface area contributed by atoms with Gasteiger partial charge in [-0.2, -0.15) is 0 Å². The first-order valence-corrected chi connectivity index (χ1v) is 7.69. The second kappa shape index (κ2) is 7.58. The normalized spacial score (nSPS) is 10.2. The summed E-state index contributed by atoms with van der Waals surface area (Å²) in [5.74, 6) is -0.0810. The van der Waals surface area contributed by atoms with E-state index in [-0.39, 0.29) is 11.8 Å². The molecule has 0 aliphatic rings. The Bertz CT molecular complexity index is 674. The van der Waals surface area contributed by atoms with Crippen LogP contribution in [0.3, 0.4) is 0 Å². The van der Waals surface area contributed by atoms with E-state index >= 15 is 0 Å². The van der Waals surface area contributed by atoms with Crippen LogP contribution in [0.25, 0.3) is 0 Å². The highest BCUT2D eigenvalue weighted by Crippen LogP contribution is 2.13. The topological polar surface area (TPSA) is 49.4 Å². The molecule has 0 unspecified atom stereocenters. The van der Waals surface area contributed by atoms with Crippen molar-refractivity contribution in [1.82, 2.24) is 4.90 Å². The number of hydrogen-bond donors (Lipinski definition) is 1. The van der Waals surface area contributed by atoms with E-state index in [1.165, 1.54) is 5.56 Å². The van der Waals surface area contributed by atoms with E-state index < -0.39 is 0 Å². The highest BCUT2D eigenvalue weighted by atomic mass is 16.2. The molecular weight excluding hydrogens is 288 g/mol. The van der Waals surface area contributed by atoms with Crippen LogP contribution in [0, 0.1) is 0 Å². The van der Waals surface area contributed by atoms with Crippen LogP contribution in [0.4, 0.5) is 5.69 Å². The SMILES string of the molecule is CCc1ccc(C(=O)Nc2ccc(CC(=O)N(C)C)cc2)cc1. The van der Waals surface area contributed by atoms with E-state index in [2.05, 4.69) is 12.2 Å². The van der Waals surface area contributed by atoms with Gasteiger partial charge >= 0.3 is 0 Å². The van der Waals surface area contributed by atoms with Crippen molar-refractivity contribution in [2.75, 3.05) is 19.4 Å². The molecule has 0 heterocycles. The molecule has 2 aromatic carbocycles. The second-order valence-corrected chi connectivity index (χ2v) is 5.67. The number of nitrogens with zero attached hydrogens (tertiary/aromatic N) is 1. The van der Waals surface area contributed by atoms with Gasteiger partial charge < -0.3 is 10.2 Å². The van der Waals surface area contributed by atoms with Gasteiger partial charge in [0.25, 0.3) is 5.91 Å². The number of amides is 2. The molecule has 23 heavy (non-hydrogen) atoms. The lowest BCUT2D eigenvalue weighted by molar-refractivity contribution is -0.127. The highest BCUT2D eigenvalue weighted by molar-refractivity contribution is 6.04. The lowest BCUT2D eigenvalue weighted by Crippen LogP contribution is -2.23. The first-order chi connectivity index (χ1) is 11.0. The van der Waals surface area contributed by atoms with Gasteiger partial charge in [-0.15, -0.1) is 0 Å². The Morgan fingerprint density at radius 3 is 2.00 bits per heavy atom. The van der Waals surface area contributed by atoms with Crippen LogP contribution >= 0.6 is 0 Å². The summed E-state index contributed by atoms with van der Waals surface area (Å²) in [4.78, 5) is 25.4. The van der Waals surface area contributed by atoms with E-state index in [1.807, 2.05) is 48.5 Å². The average molecular weight is 310 g/mol. The number of likely N-dealkylation sites (N-methyl/N-ethyl adjacent to an activating group) is 1. The van der Waals surface area contributed by atoms with Crippen molar-refractivity contribution in [2.45, 2.75) is 19.8 Å². The fraction of sp³-hybridized carbons (Fsp3) is 0.263. The van der Waals surface area contributed by atoms with Crippen molar-refractivity contribution < 1.29 is 9.59 Å². The van der Waals surface area contributed by atoms with E-state index in [9.17, 15) is 9.59 Å². The van der Waals surface area contributed by atoms with Crippen molar-refractivity contribution in [3.8, 4) is 0 Å². The number of anilines is 1. The van der Waals surface area contributed by atoms with Gasteiger partial charge in [-0.3, -0.25) is 9.59 Å². The Morgan fingerprint density at radius 2 is 1.48 bits per heavy atom. The Morgan fingerprint density at radius 1 is 0.913 bits per heavy atom. The molecule has 0 aliphatic heterocycles. The third-order valence-electron chi connectivity index (χ3n) is 3.69. The minimum atomic E-state index is -0.134. The summed E-state index contributed by atoms with van der Waals surface area (Å²) in [6.45, 7) is 2.08. The molecule has 4 nitrogen and oxygen atoms in total. The fourth-order valence-corrected chi connectivity index (χ4v) is 2.13. The molecule has 0 atom stereocenters. The van der Waals surface area contributed by atoms with Gasteiger partial charge in [-0.1, -0.05) is 31.2 Å². The van der Waals surface area contributed by atoms with Crippen molar-refractivity contribution in [3.63, 3.8) is 0 Å². The van der Waals surface area contributed by atoms with Crippen molar-refractivity contribution in [1.29, 1.82) is 0 Å². The molecule has 0 bridgehead atoms. The molecule has 0 fully saturated rings. The van der Waals surface area contributed by atoms with Crippen molar-refractivity contribution in [2.24, 2.45) is 0 Å². The average Bonchev–Trinajstić information content (AvgIpc) is 2.56. The minimum absolute atomic E-state index is 0.0535. The Labute approximate surface area is 137 Å². The number of hydrogen-bond acceptors (Lipinski definition) is 2. The molecule has 0 saturated carbocycles. The summed E-state index contributed by atoms with van der Waals surface area (Å²) in [6.07, 6.45) is 1.31. The summed E-state index contributed by atoms with van der Waals surface area (Å²) in [5.41, 5.74) is 3.48. The Hall–Kier alpha value is -2.62. The van der Waals surface area contributed by atoms with Crippen LogP contribution in [-0.4, -0.2) is 30.8 Å². The van der Waals surface area contributed by atoms with E-state index in [1.54, 1.807) is 19.0 Å². The van der Waals surface area contributed by atoms with Crippen LogP contribution < -0.4 is 5.32 Å². The lowest BCUT2D eigenvalue weighted by atomic mass is 10.1. The van der Waals surface area contributed by atoms with Gasteiger partial charge in [-0.25, -0.2) is 0 Å². The van der Waals surface area contributed by atoms with Crippen LogP contribution in [0.2, 0.25) is 0 Å². The van der Waals surface area contributed by atoms with Crippen molar-refractivity contribution >= 4 is 17.5 Å². The molecule has 4 heteroatoms. The van der Waals surface area contributed by atoms with E-state index in [0.717, 1.165) is 17.7 Å². The van der Waals surface area contributed by atoms with Gasteiger partial charge in [0.1, 0.15) is 0 Å². The summed E-state index contributed by atoms with van der Waals surface area (Å²) in [5, 5.41) is 2.86. The number of benzene rings is 2. The largest absolute Gasteiger partial charge is 0.349 e. The van der Waals surface area contributed by atoms with Gasteiger partial charge in [0.2, 0.25) is 5.91 Å². The molecule has 120 valence electrons. The first kappa shape index (κ1) is 16.7. The zero-order chi connectivity index (χ0) is 16.8. The maximum atomic E-state index is 12.2. The molecule has 1 N–H and O–H groups in total. The molecule has 2 amide bonds. The first-order valence-electron chi connectivity index (χ1n) is 7.69. The van der Waals surface area contributed by atoms with Gasteiger partial charge in [0.05, 0.1) is 6.42 Å². The zero-order valence-corrected chi connectivity index (χ0v) is 13.8. The molecule has 2 rings (SSSR count). The maximum Gasteiger partial charge on any atom is 0.255 e. The molecule has 2 aromatic rings.